The largest absolute Gasteiger partial charge is 0.481 e. The average Bonchev–Trinajstić information content (AvgIpc) is 3.35. The van der Waals surface area contributed by atoms with Gasteiger partial charge in [0.15, 0.2) is 0 Å². The number of carbonyl (C=O) groups is 2. The number of nitrogens with zero attached hydrogens (tertiary/aromatic N) is 4. The van der Waals surface area contributed by atoms with Crippen molar-refractivity contribution in [1.29, 1.82) is 5.26 Å². The second-order valence-corrected chi connectivity index (χ2v) is 7.76. The number of amides is 1. The first-order chi connectivity index (χ1) is 12.5. The molecule has 7 nitrogen and oxygen atoms in total. The van der Waals surface area contributed by atoms with Crippen LogP contribution in [0.25, 0.3) is 0 Å². The zero-order valence-electron chi connectivity index (χ0n) is 14.6. The van der Waals surface area contributed by atoms with Crippen LogP contribution in [-0.4, -0.2) is 53.0 Å². The molecule has 0 spiro atoms. The Morgan fingerprint density at radius 1 is 1.23 bits per heavy atom. The lowest BCUT2D eigenvalue weighted by molar-refractivity contribution is -0.148. The number of rotatable bonds is 3. The van der Waals surface area contributed by atoms with Crippen molar-refractivity contribution in [1.82, 2.24) is 9.88 Å². The summed E-state index contributed by atoms with van der Waals surface area (Å²) in [7, 11) is 0. The van der Waals surface area contributed by atoms with Crippen molar-refractivity contribution in [3.8, 4) is 6.07 Å². The van der Waals surface area contributed by atoms with Crippen molar-refractivity contribution >= 4 is 17.7 Å². The van der Waals surface area contributed by atoms with E-state index >= 15 is 0 Å². The highest BCUT2D eigenvalue weighted by Gasteiger charge is 2.59. The Balaban J connectivity index is 1.52. The molecule has 2 atom stereocenters. The first-order valence-electron chi connectivity index (χ1n) is 9.17. The first-order valence-corrected chi connectivity index (χ1v) is 9.17. The Morgan fingerprint density at radius 3 is 2.58 bits per heavy atom. The van der Waals surface area contributed by atoms with Crippen molar-refractivity contribution < 1.29 is 14.7 Å². The van der Waals surface area contributed by atoms with Gasteiger partial charge >= 0.3 is 5.97 Å². The van der Waals surface area contributed by atoms with Crippen molar-refractivity contribution in [2.24, 2.45) is 17.3 Å². The molecular formula is C19H22N4O3. The zero-order chi connectivity index (χ0) is 18.3. The van der Waals surface area contributed by atoms with Crippen LogP contribution >= 0.6 is 0 Å². The molecular weight excluding hydrogens is 332 g/mol. The molecule has 1 aromatic rings. The number of aliphatic carboxylic acids is 1. The monoisotopic (exact) mass is 354 g/mol. The third-order valence-electron chi connectivity index (χ3n) is 6.25. The molecule has 0 bridgehead atoms. The maximum atomic E-state index is 12.7. The summed E-state index contributed by atoms with van der Waals surface area (Å²) in [5.41, 5.74) is -0.446. The topological polar surface area (TPSA) is 97.5 Å². The second-order valence-electron chi connectivity index (χ2n) is 7.76. The predicted octanol–water partition coefficient (Wildman–Crippen LogP) is 1.49. The summed E-state index contributed by atoms with van der Waals surface area (Å²) < 4.78 is 0. The molecule has 136 valence electrons. The molecule has 3 fully saturated rings. The number of hydrogen-bond donors (Lipinski definition) is 1. The summed E-state index contributed by atoms with van der Waals surface area (Å²) in [6.07, 6.45) is 5.56. The highest BCUT2D eigenvalue weighted by Crippen LogP contribution is 2.45. The van der Waals surface area contributed by atoms with Gasteiger partial charge in [-0.25, -0.2) is 4.98 Å². The van der Waals surface area contributed by atoms with Crippen LogP contribution in [0.4, 0.5) is 5.82 Å². The minimum atomic E-state index is -0.927. The van der Waals surface area contributed by atoms with Gasteiger partial charge < -0.3 is 14.9 Å². The molecule has 4 rings (SSSR count). The number of carbonyl (C=O) groups excluding carboxylic acids is 1. The number of fused-ring (bicyclic) bond motifs is 1. The van der Waals surface area contributed by atoms with E-state index in [4.69, 9.17) is 5.26 Å². The molecule has 2 aliphatic heterocycles. The molecule has 1 amide bonds. The van der Waals surface area contributed by atoms with Crippen molar-refractivity contribution in [3.63, 3.8) is 0 Å². The van der Waals surface area contributed by atoms with E-state index in [-0.39, 0.29) is 24.3 Å². The van der Waals surface area contributed by atoms with Crippen LogP contribution in [-0.2, 0) is 9.59 Å². The summed E-state index contributed by atoms with van der Waals surface area (Å²) in [5, 5.41) is 18.8. The predicted molar refractivity (Wildman–Crippen MR) is 93.3 cm³/mol. The molecule has 7 heteroatoms. The number of pyridine rings is 1. The molecule has 0 radical (unpaired) electrons. The Labute approximate surface area is 152 Å². The van der Waals surface area contributed by atoms with Crippen molar-refractivity contribution in [3.05, 3.63) is 23.9 Å². The van der Waals surface area contributed by atoms with Crippen molar-refractivity contribution in [2.75, 3.05) is 31.1 Å². The number of likely N-dealkylation sites (tertiary alicyclic amines) is 1. The Hall–Kier alpha value is -2.62. The fourth-order valence-electron chi connectivity index (χ4n) is 4.78. The van der Waals surface area contributed by atoms with E-state index in [1.54, 1.807) is 17.0 Å². The van der Waals surface area contributed by atoms with E-state index < -0.39 is 11.4 Å². The van der Waals surface area contributed by atoms with Crippen LogP contribution in [0.2, 0.25) is 0 Å². The van der Waals surface area contributed by atoms with Crippen LogP contribution in [0.5, 0.6) is 0 Å². The number of carboxylic acids is 1. The Morgan fingerprint density at radius 2 is 2.00 bits per heavy atom. The molecule has 26 heavy (non-hydrogen) atoms. The molecule has 1 aliphatic carbocycles. The highest BCUT2D eigenvalue weighted by molar-refractivity contribution is 5.83. The first kappa shape index (κ1) is 16.8. The summed E-state index contributed by atoms with van der Waals surface area (Å²) in [6, 6.07) is 5.49. The van der Waals surface area contributed by atoms with Crippen LogP contribution in [0.3, 0.4) is 0 Å². The van der Waals surface area contributed by atoms with Gasteiger partial charge in [-0.05, 0) is 25.0 Å². The fourth-order valence-corrected chi connectivity index (χ4v) is 4.78. The van der Waals surface area contributed by atoms with E-state index in [1.165, 1.54) is 6.20 Å². The summed E-state index contributed by atoms with van der Waals surface area (Å²) in [6.45, 7) is 1.71. The van der Waals surface area contributed by atoms with E-state index in [0.717, 1.165) is 25.7 Å². The molecule has 0 unspecified atom stereocenters. The van der Waals surface area contributed by atoms with Gasteiger partial charge in [-0.15, -0.1) is 0 Å². The number of carboxylic acid groups (broad SMARTS) is 1. The minimum absolute atomic E-state index is 0.0796. The molecule has 0 aromatic carbocycles. The number of aromatic nitrogens is 1. The van der Waals surface area contributed by atoms with Gasteiger partial charge in [0, 0.05) is 44.2 Å². The summed E-state index contributed by atoms with van der Waals surface area (Å²) in [5.74, 6) is -0.0209. The standard InChI is InChI=1S/C19H22N4O3/c20-7-13-5-6-16(21-8-13)22-9-15-10-23(12-19(15,11-22)18(25)26)17(24)14-3-1-2-4-14/h5-6,8,14-15H,1-4,9-12H2,(H,25,26)/t15-,19-/m1/s1. The number of hydrogen-bond acceptors (Lipinski definition) is 5. The van der Waals surface area contributed by atoms with E-state index in [9.17, 15) is 14.7 Å². The van der Waals surface area contributed by atoms with E-state index in [0.29, 0.717) is 31.0 Å². The van der Waals surface area contributed by atoms with Crippen LogP contribution in [0.1, 0.15) is 31.2 Å². The normalized spacial score (nSPS) is 28.2. The van der Waals surface area contributed by atoms with Gasteiger partial charge in [0.05, 0.1) is 5.56 Å². The van der Waals surface area contributed by atoms with Gasteiger partial charge in [-0.1, -0.05) is 12.8 Å². The molecule has 1 N–H and O–H groups in total. The summed E-state index contributed by atoms with van der Waals surface area (Å²) in [4.78, 5) is 32.9. The zero-order valence-corrected chi connectivity index (χ0v) is 14.6. The minimum Gasteiger partial charge on any atom is -0.481 e. The van der Waals surface area contributed by atoms with E-state index in [1.807, 2.05) is 11.0 Å². The van der Waals surface area contributed by atoms with E-state index in [2.05, 4.69) is 4.98 Å². The highest BCUT2D eigenvalue weighted by atomic mass is 16.4. The molecule has 2 saturated heterocycles. The maximum Gasteiger partial charge on any atom is 0.313 e. The molecule has 1 saturated carbocycles. The fraction of sp³-hybridized carbons (Fsp3) is 0.579. The number of nitriles is 1. The Kier molecular flexibility index (Phi) is 4.06. The smallest absolute Gasteiger partial charge is 0.313 e. The lowest BCUT2D eigenvalue weighted by Crippen LogP contribution is -2.43. The van der Waals surface area contributed by atoms with Crippen LogP contribution in [0, 0.1) is 28.6 Å². The van der Waals surface area contributed by atoms with Gasteiger partial charge in [-0.2, -0.15) is 5.26 Å². The number of anilines is 1. The molecule has 3 aliphatic rings. The quantitative estimate of drug-likeness (QED) is 0.883. The van der Waals surface area contributed by atoms with Crippen LogP contribution < -0.4 is 4.90 Å². The SMILES string of the molecule is N#Cc1ccc(N2C[C@@H]3CN(C(=O)C4CCCC4)C[C@]3(C(=O)O)C2)nc1. The van der Waals surface area contributed by atoms with Gasteiger partial charge in [-0.3, -0.25) is 9.59 Å². The second kappa shape index (κ2) is 6.27. The molecule has 3 heterocycles. The van der Waals surface area contributed by atoms with Gasteiger partial charge in [0.1, 0.15) is 17.3 Å². The Bertz CT molecular complexity index is 766. The summed E-state index contributed by atoms with van der Waals surface area (Å²) >= 11 is 0. The van der Waals surface area contributed by atoms with Gasteiger partial charge in [0.25, 0.3) is 0 Å². The van der Waals surface area contributed by atoms with Crippen LogP contribution in [0.15, 0.2) is 18.3 Å². The third-order valence-corrected chi connectivity index (χ3v) is 6.25. The third kappa shape index (κ3) is 2.61. The lowest BCUT2D eigenvalue weighted by Gasteiger charge is -2.27. The van der Waals surface area contributed by atoms with Gasteiger partial charge in [0.2, 0.25) is 5.91 Å². The lowest BCUT2D eigenvalue weighted by atomic mass is 9.81. The molecule has 1 aromatic heterocycles. The average molecular weight is 354 g/mol. The maximum absolute atomic E-state index is 12.7. The van der Waals surface area contributed by atoms with Crippen molar-refractivity contribution in [2.45, 2.75) is 25.7 Å².